The third-order valence-corrected chi connectivity index (χ3v) is 3.86. The molecule has 114 valence electrons. The minimum absolute atomic E-state index is 1.11. The monoisotopic (exact) mass is 290 g/mol. The van der Waals surface area contributed by atoms with Gasteiger partial charge in [-0.2, -0.15) is 0 Å². The molecule has 22 heavy (non-hydrogen) atoms. The molecule has 0 atom stereocenters. The van der Waals surface area contributed by atoms with Crippen molar-refractivity contribution in [3.63, 3.8) is 0 Å². The maximum atomic E-state index is 3.55. The molecule has 0 nitrogen and oxygen atoms in total. The van der Waals surface area contributed by atoms with Crippen LogP contribution in [0.1, 0.15) is 43.7 Å². The first-order chi connectivity index (χ1) is 10.9. The number of hydrogen-bond acceptors (Lipinski definition) is 0. The number of benzene rings is 2. The van der Waals surface area contributed by atoms with E-state index in [2.05, 4.69) is 79.4 Å². The zero-order chi connectivity index (χ0) is 15.5. The van der Waals surface area contributed by atoms with E-state index >= 15 is 0 Å². The van der Waals surface area contributed by atoms with Crippen molar-refractivity contribution in [2.45, 2.75) is 45.4 Å². The Hall–Kier alpha value is -2.04. The lowest BCUT2D eigenvalue weighted by atomic mass is 9.99. The summed E-state index contributed by atoms with van der Waals surface area (Å²) >= 11 is 0. The number of aryl methyl sites for hydroxylation is 2. The van der Waals surface area contributed by atoms with Crippen LogP contribution in [0.15, 0.2) is 78.0 Å². The van der Waals surface area contributed by atoms with Gasteiger partial charge in [-0.25, -0.2) is 0 Å². The zero-order valence-corrected chi connectivity index (χ0v) is 13.6. The standard InChI is InChI=1S/C22H26/c1-2-3-6-11-22(18-16-20-12-7-4-8-13-20)19-17-21-14-9-5-10-15-21/h4-10,12-15H,2-3,16-19H2,1H3. The van der Waals surface area contributed by atoms with E-state index in [1.807, 2.05) is 0 Å². The topological polar surface area (TPSA) is 0 Å². The van der Waals surface area contributed by atoms with E-state index in [1.54, 1.807) is 0 Å². The number of allylic oxidation sites excluding steroid dienone is 1. The van der Waals surface area contributed by atoms with Crippen LogP contribution in [0.5, 0.6) is 0 Å². The van der Waals surface area contributed by atoms with Gasteiger partial charge in [0.1, 0.15) is 0 Å². The predicted molar refractivity (Wildman–Crippen MR) is 96.0 cm³/mol. The van der Waals surface area contributed by atoms with Gasteiger partial charge in [0.05, 0.1) is 0 Å². The summed E-state index contributed by atoms with van der Waals surface area (Å²) < 4.78 is 0. The Morgan fingerprint density at radius 1 is 0.818 bits per heavy atom. The molecule has 0 N–H and O–H groups in total. The minimum Gasteiger partial charge on any atom is -0.126 e. The van der Waals surface area contributed by atoms with Gasteiger partial charge in [-0.3, -0.25) is 0 Å². The maximum absolute atomic E-state index is 3.55. The Morgan fingerprint density at radius 3 is 1.77 bits per heavy atom. The van der Waals surface area contributed by atoms with Gasteiger partial charge in [-0.15, -0.1) is 5.73 Å². The lowest BCUT2D eigenvalue weighted by Gasteiger charge is -2.06. The highest BCUT2D eigenvalue weighted by Gasteiger charge is 2.00. The summed E-state index contributed by atoms with van der Waals surface area (Å²) in [5.41, 5.74) is 7.83. The van der Waals surface area contributed by atoms with E-state index < -0.39 is 0 Å². The minimum atomic E-state index is 1.11. The van der Waals surface area contributed by atoms with Gasteiger partial charge in [-0.1, -0.05) is 74.0 Å². The van der Waals surface area contributed by atoms with Crippen LogP contribution >= 0.6 is 0 Å². The number of unbranched alkanes of at least 4 members (excludes halogenated alkanes) is 1. The van der Waals surface area contributed by atoms with Crippen LogP contribution in [0.4, 0.5) is 0 Å². The Bertz CT molecular complexity index is 541. The van der Waals surface area contributed by atoms with Gasteiger partial charge >= 0.3 is 0 Å². The third kappa shape index (κ3) is 6.16. The number of hydrogen-bond donors (Lipinski definition) is 0. The second kappa shape index (κ2) is 9.82. The molecule has 0 heterocycles. The summed E-state index contributed by atoms with van der Waals surface area (Å²) in [6, 6.07) is 21.5. The summed E-state index contributed by atoms with van der Waals surface area (Å²) in [6.07, 6.45) is 8.97. The van der Waals surface area contributed by atoms with Crippen molar-refractivity contribution in [2.24, 2.45) is 0 Å². The highest BCUT2D eigenvalue weighted by atomic mass is 14.0. The number of rotatable bonds is 8. The smallest absolute Gasteiger partial charge is 0.0203 e. The molecule has 2 aromatic carbocycles. The van der Waals surface area contributed by atoms with Gasteiger partial charge in [-0.05, 0) is 54.9 Å². The fourth-order valence-electron chi connectivity index (χ4n) is 2.51. The van der Waals surface area contributed by atoms with Gasteiger partial charge in [0, 0.05) is 0 Å². The quantitative estimate of drug-likeness (QED) is 0.513. The Balaban J connectivity index is 1.95. The van der Waals surface area contributed by atoms with Gasteiger partial charge in [0.2, 0.25) is 0 Å². The second-order valence-corrected chi connectivity index (χ2v) is 5.71. The van der Waals surface area contributed by atoms with Crippen LogP contribution in [0.2, 0.25) is 0 Å². The summed E-state index contributed by atoms with van der Waals surface area (Å²) in [5.74, 6) is 0. The van der Waals surface area contributed by atoms with E-state index in [9.17, 15) is 0 Å². The average molecular weight is 290 g/mol. The largest absolute Gasteiger partial charge is 0.126 e. The van der Waals surface area contributed by atoms with Crippen molar-refractivity contribution in [3.05, 3.63) is 89.2 Å². The summed E-state index contributed by atoms with van der Waals surface area (Å²) in [4.78, 5) is 0. The molecule has 0 unspecified atom stereocenters. The molecule has 0 aromatic heterocycles. The van der Waals surface area contributed by atoms with Gasteiger partial charge in [0.15, 0.2) is 0 Å². The maximum Gasteiger partial charge on any atom is -0.0203 e. The van der Waals surface area contributed by atoms with Crippen LogP contribution in [-0.4, -0.2) is 0 Å². The normalized spacial score (nSPS) is 10.0. The summed E-state index contributed by atoms with van der Waals surface area (Å²) in [7, 11) is 0. The first-order valence-corrected chi connectivity index (χ1v) is 8.39. The Kier molecular flexibility index (Phi) is 7.29. The molecule has 0 aliphatic carbocycles. The zero-order valence-electron chi connectivity index (χ0n) is 13.6. The fourth-order valence-corrected chi connectivity index (χ4v) is 2.51. The van der Waals surface area contributed by atoms with Gasteiger partial charge < -0.3 is 0 Å². The molecule has 0 heteroatoms. The molecular weight excluding hydrogens is 264 g/mol. The van der Waals surface area contributed by atoms with Crippen LogP contribution in [0.25, 0.3) is 0 Å². The molecule has 0 saturated carbocycles. The Labute approximate surface area is 135 Å². The molecule has 0 fully saturated rings. The SMILES string of the molecule is CCCC=C=C(CCc1ccccc1)CCc1ccccc1. The molecule has 0 spiro atoms. The van der Waals surface area contributed by atoms with E-state index in [-0.39, 0.29) is 0 Å². The van der Waals surface area contributed by atoms with Crippen LogP contribution in [0, 0.1) is 0 Å². The highest BCUT2D eigenvalue weighted by molar-refractivity contribution is 5.19. The van der Waals surface area contributed by atoms with Crippen LogP contribution in [0.3, 0.4) is 0 Å². The van der Waals surface area contributed by atoms with E-state index in [0.717, 1.165) is 32.1 Å². The molecular formula is C22H26. The van der Waals surface area contributed by atoms with Crippen molar-refractivity contribution in [1.82, 2.24) is 0 Å². The second-order valence-electron chi connectivity index (χ2n) is 5.71. The molecule has 0 bridgehead atoms. The fraction of sp³-hybridized carbons (Fsp3) is 0.318. The molecule has 0 aliphatic heterocycles. The third-order valence-electron chi connectivity index (χ3n) is 3.86. The van der Waals surface area contributed by atoms with Crippen LogP contribution < -0.4 is 0 Å². The highest BCUT2D eigenvalue weighted by Crippen LogP contribution is 2.15. The van der Waals surface area contributed by atoms with Crippen LogP contribution in [-0.2, 0) is 12.8 Å². The Morgan fingerprint density at radius 2 is 1.32 bits per heavy atom. The summed E-state index contributed by atoms with van der Waals surface area (Å²) in [6.45, 7) is 2.21. The predicted octanol–water partition coefficient (Wildman–Crippen LogP) is 6.13. The molecule has 2 aromatic rings. The first kappa shape index (κ1) is 16.3. The first-order valence-electron chi connectivity index (χ1n) is 8.39. The molecule has 0 amide bonds. The molecule has 0 saturated heterocycles. The molecule has 0 radical (unpaired) electrons. The van der Waals surface area contributed by atoms with E-state index in [4.69, 9.17) is 0 Å². The van der Waals surface area contributed by atoms with Crippen molar-refractivity contribution >= 4 is 0 Å². The van der Waals surface area contributed by atoms with Crippen molar-refractivity contribution in [1.29, 1.82) is 0 Å². The van der Waals surface area contributed by atoms with Crippen molar-refractivity contribution in [2.75, 3.05) is 0 Å². The summed E-state index contributed by atoms with van der Waals surface area (Å²) in [5, 5.41) is 0. The van der Waals surface area contributed by atoms with Gasteiger partial charge in [0.25, 0.3) is 0 Å². The average Bonchev–Trinajstić information content (AvgIpc) is 2.59. The van der Waals surface area contributed by atoms with Crippen molar-refractivity contribution in [3.8, 4) is 0 Å². The molecule has 2 rings (SSSR count). The van der Waals surface area contributed by atoms with E-state index in [1.165, 1.54) is 23.1 Å². The van der Waals surface area contributed by atoms with Crippen molar-refractivity contribution < 1.29 is 0 Å². The molecule has 0 aliphatic rings. The van der Waals surface area contributed by atoms with E-state index in [0.29, 0.717) is 0 Å². The lowest BCUT2D eigenvalue weighted by Crippen LogP contribution is -1.92. The lowest BCUT2D eigenvalue weighted by molar-refractivity contribution is 0.836.